The number of anilines is 1. The van der Waals surface area contributed by atoms with E-state index in [-0.39, 0.29) is 6.61 Å². The molecule has 170 valence electrons. The van der Waals surface area contributed by atoms with Crippen molar-refractivity contribution in [3.8, 4) is 10.4 Å². The van der Waals surface area contributed by atoms with E-state index in [0.29, 0.717) is 16.3 Å². The molecule has 1 aromatic heterocycles. The minimum Gasteiger partial charge on any atom is -0.444 e. The van der Waals surface area contributed by atoms with Gasteiger partial charge in [-0.3, -0.25) is 10.1 Å². The molecule has 0 saturated carbocycles. The second-order valence-corrected chi connectivity index (χ2v) is 7.99. The molecule has 0 unspecified atom stereocenters. The van der Waals surface area contributed by atoms with Crippen LogP contribution in [0.25, 0.3) is 10.4 Å². The highest BCUT2D eigenvalue weighted by Gasteiger charge is 2.15. The lowest BCUT2D eigenvalue weighted by molar-refractivity contribution is 0.112. The van der Waals surface area contributed by atoms with Gasteiger partial charge >= 0.3 is 6.09 Å². The number of ether oxygens (including phenoxy) is 1. The van der Waals surface area contributed by atoms with Crippen LogP contribution in [0.3, 0.4) is 0 Å². The number of amides is 1. The molecule has 8 heteroatoms. The van der Waals surface area contributed by atoms with E-state index in [1.54, 1.807) is 17.5 Å². The Hall–Kier alpha value is -2.64. The number of hydrogen-bond donors (Lipinski definition) is 2. The van der Waals surface area contributed by atoms with Crippen molar-refractivity contribution in [3.05, 3.63) is 87.2 Å². The Labute approximate surface area is 202 Å². The lowest BCUT2D eigenvalue weighted by atomic mass is 10.1. The van der Waals surface area contributed by atoms with Gasteiger partial charge in [0, 0.05) is 27.4 Å². The number of halogens is 2. The summed E-state index contributed by atoms with van der Waals surface area (Å²) in [7, 11) is 1.00. The molecule has 2 aromatic carbocycles. The average Bonchev–Trinajstić information content (AvgIpc) is 3.23. The van der Waals surface area contributed by atoms with Crippen LogP contribution < -0.4 is 5.32 Å². The fourth-order valence-corrected chi connectivity index (χ4v) is 3.38. The fraction of sp³-hybridized carbons (Fsp3) is 0.167. The van der Waals surface area contributed by atoms with Crippen LogP contribution in [0, 0.1) is 0 Å². The third-order valence-electron chi connectivity index (χ3n) is 3.90. The van der Waals surface area contributed by atoms with E-state index < -0.39 is 6.09 Å². The minimum absolute atomic E-state index is 0.164. The van der Waals surface area contributed by atoms with Gasteiger partial charge in [-0.1, -0.05) is 71.7 Å². The smallest absolute Gasteiger partial charge is 0.412 e. The average molecular weight is 494 g/mol. The Morgan fingerprint density at radius 2 is 1.72 bits per heavy atom. The van der Waals surface area contributed by atoms with Gasteiger partial charge in [0.2, 0.25) is 0 Å². The number of carbonyl (C=O) groups excluding carboxylic acids is 2. The topological polar surface area (TPSA) is 75.6 Å². The molecule has 0 fully saturated rings. The number of rotatable bonds is 5. The summed E-state index contributed by atoms with van der Waals surface area (Å²) in [6.45, 7) is 3.92. The molecule has 2 N–H and O–H groups in total. The van der Waals surface area contributed by atoms with Crippen LogP contribution in [-0.4, -0.2) is 24.6 Å². The lowest BCUT2D eigenvalue weighted by Gasteiger charge is -2.07. The van der Waals surface area contributed by atoms with Gasteiger partial charge < -0.3 is 9.84 Å². The van der Waals surface area contributed by atoms with Gasteiger partial charge in [-0.25, -0.2) is 4.79 Å². The summed E-state index contributed by atoms with van der Waals surface area (Å²) in [5, 5.41) is 12.8. The third kappa shape index (κ3) is 9.24. The maximum Gasteiger partial charge on any atom is 0.412 e. The van der Waals surface area contributed by atoms with Crippen LogP contribution in [0.5, 0.6) is 0 Å². The Morgan fingerprint density at radius 3 is 2.25 bits per heavy atom. The quantitative estimate of drug-likeness (QED) is 0.363. The molecule has 3 aromatic rings. The predicted octanol–water partition coefficient (Wildman–Crippen LogP) is 7.39. The molecule has 0 aliphatic heterocycles. The maximum atomic E-state index is 12.0. The van der Waals surface area contributed by atoms with Crippen LogP contribution in [0.4, 0.5) is 10.5 Å². The zero-order valence-corrected chi connectivity index (χ0v) is 20.3. The number of allylic oxidation sites excluding steroid dienone is 2. The van der Waals surface area contributed by atoms with E-state index in [4.69, 9.17) is 33.0 Å². The molecule has 0 spiro atoms. The second-order valence-electron chi connectivity index (χ2n) is 6.08. The maximum absolute atomic E-state index is 12.0. The standard InChI is InChI=1S/C19H14ClNO3S.C4H7Cl.CH4O/c20-15-8-6-14(7-9-15)18-16(10-22)17(12-25-18)21-19(23)24-11-13-4-2-1-3-5-13;1-3-4(2)5;1-2/h1-10,12H,11H2,(H,21,23);3H,1-2H3;2H,1H3/b;4-3+;. The van der Waals surface area contributed by atoms with E-state index in [9.17, 15) is 9.59 Å². The summed E-state index contributed by atoms with van der Waals surface area (Å²) in [4.78, 5) is 24.2. The van der Waals surface area contributed by atoms with Crippen molar-refractivity contribution in [2.75, 3.05) is 12.4 Å². The van der Waals surface area contributed by atoms with Crippen molar-refractivity contribution in [3.63, 3.8) is 0 Å². The molecule has 0 atom stereocenters. The summed E-state index contributed by atoms with van der Waals surface area (Å²) >= 11 is 12.6. The Kier molecular flexibility index (Phi) is 13.0. The number of hydrogen-bond acceptors (Lipinski definition) is 5. The zero-order valence-electron chi connectivity index (χ0n) is 18.0. The van der Waals surface area contributed by atoms with Gasteiger partial charge in [0.25, 0.3) is 0 Å². The van der Waals surface area contributed by atoms with E-state index in [2.05, 4.69) is 5.32 Å². The molecule has 0 aliphatic carbocycles. The molecule has 0 aliphatic rings. The molecule has 5 nitrogen and oxygen atoms in total. The summed E-state index contributed by atoms with van der Waals surface area (Å²) in [5.74, 6) is 0. The molecule has 0 bridgehead atoms. The Balaban J connectivity index is 0.000000646. The molecule has 1 amide bonds. The van der Waals surface area contributed by atoms with Gasteiger partial charge in [0.15, 0.2) is 6.29 Å². The molecular formula is C24H25Cl2NO4S. The summed E-state index contributed by atoms with van der Waals surface area (Å²) < 4.78 is 5.18. The first-order valence-corrected chi connectivity index (χ1v) is 11.1. The number of nitrogens with one attached hydrogen (secondary N) is 1. The van der Waals surface area contributed by atoms with Crippen LogP contribution in [0.1, 0.15) is 29.8 Å². The highest BCUT2D eigenvalue weighted by Crippen LogP contribution is 2.35. The van der Waals surface area contributed by atoms with Crippen LogP contribution >= 0.6 is 34.5 Å². The second kappa shape index (κ2) is 15.2. The highest BCUT2D eigenvalue weighted by atomic mass is 35.5. The number of thiophene rings is 1. The van der Waals surface area contributed by atoms with E-state index in [1.165, 1.54) is 11.3 Å². The van der Waals surface area contributed by atoms with Crippen LogP contribution in [0.15, 0.2) is 71.1 Å². The van der Waals surface area contributed by atoms with Crippen molar-refractivity contribution in [2.45, 2.75) is 20.5 Å². The van der Waals surface area contributed by atoms with Gasteiger partial charge in [-0.2, -0.15) is 0 Å². The van der Waals surface area contributed by atoms with Crippen LogP contribution in [0.2, 0.25) is 5.02 Å². The Bertz CT molecular complexity index is 999. The number of benzene rings is 2. The first-order chi connectivity index (χ1) is 15.4. The zero-order chi connectivity index (χ0) is 23.9. The van der Waals surface area contributed by atoms with E-state index >= 15 is 0 Å². The van der Waals surface area contributed by atoms with Crippen molar-refractivity contribution >= 4 is 52.6 Å². The fourth-order valence-electron chi connectivity index (χ4n) is 2.27. The number of carbonyl (C=O) groups is 2. The first kappa shape index (κ1) is 27.4. The molecule has 3 rings (SSSR count). The minimum atomic E-state index is -0.604. The van der Waals surface area contributed by atoms with Crippen molar-refractivity contribution in [2.24, 2.45) is 0 Å². The highest BCUT2D eigenvalue weighted by molar-refractivity contribution is 7.14. The molecule has 32 heavy (non-hydrogen) atoms. The SMILES string of the molecule is C/C=C(\C)Cl.CO.O=Cc1c(NC(=O)OCc2ccccc2)csc1-c1ccc(Cl)cc1. The predicted molar refractivity (Wildman–Crippen MR) is 134 cm³/mol. The number of aldehydes is 1. The lowest BCUT2D eigenvalue weighted by Crippen LogP contribution is -2.14. The first-order valence-electron chi connectivity index (χ1n) is 9.48. The van der Waals surface area contributed by atoms with Gasteiger partial charge in [0.05, 0.1) is 11.3 Å². The van der Waals surface area contributed by atoms with Gasteiger partial charge in [-0.05, 0) is 37.1 Å². The number of aliphatic hydroxyl groups excluding tert-OH is 1. The molecular weight excluding hydrogens is 469 g/mol. The summed E-state index contributed by atoms with van der Waals surface area (Å²) in [6, 6.07) is 16.6. The van der Waals surface area contributed by atoms with Gasteiger partial charge in [-0.15, -0.1) is 11.3 Å². The summed E-state index contributed by atoms with van der Waals surface area (Å²) in [6.07, 6.45) is 1.97. The monoisotopic (exact) mass is 493 g/mol. The molecule has 1 heterocycles. The van der Waals surface area contributed by atoms with Gasteiger partial charge in [0.1, 0.15) is 6.61 Å². The third-order valence-corrected chi connectivity index (χ3v) is 5.42. The molecule has 0 saturated heterocycles. The van der Waals surface area contributed by atoms with E-state index in [0.717, 1.165) is 34.4 Å². The number of aliphatic hydroxyl groups is 1. The van der Waals surface area contributed by atoms with E-state index in [1.807, 2.05) is 62.4 Å². The van der Waals surface area contributed by atoms with Crippen molar-refractivity contribution < 1.29 is 19.4 Å². The summed E-state index contributed by atoms with van der Waals surface area (Å²) in [5.41, 5.74) is 2.61. The Morgan fingerprint density at radius 1 is 1.12 bits per heavy atom. The largest absolute Gasteiger partial charge is 0.444 e. The molecule has 0 radical (unpaired) electrons. The van der Waals surface area contributed by atoms with Crippen LogP contribution in [-0.2, 0) is 11.3 Å². The normalized spacial score (nSPS) is 10.1. The van der Waals surface area contributed by atoms with Crippen molar-refractivity contribution in [1.82, 2.24) is 0 Å². The van der Waals surface area contributed by atoms with Crippen molar-refractivity contribution in [1.29, 1.82) is 0 Å².